The smallest absolute Gasteiger partial charge is 0.255 e. The van der Waals surface area contributed by atoms with Gasteiger partial charge in [0.05, 0.1) is 28.1 Å². The zero-order chi connectivity index (χ0) is 25.9. The van der Waals surface area contributed by atoms with Crippen LogP contribution in [-0.2, 0) is 14.1 Å². The molecule has 0 saturated heterocycles. The third-order valence-corrected chi connectivity index (χ3v) is 6.15. The van der Waals surface area contributed by atoms with Crippen LogP contribution in [0.3, 0.4) is 0 Å². The quantitative estimate of drug-likeness (QED) is 0.0818. The van der Waals surface area contributed by atoms with Crippen molar-refractivity contribution in [2.75, 3.05) is 27.4 Å². The number of pyridine rings is 2. The normalized spacial score (nSPS) is 10.2. The van der Waals surface area contributed by atoms with Gasteiger partial charge in [-0.15, -0.1) is 0 Å². The van der Waals surface area contributed by atoms with Crippen LogP contribution >= 0.6 is 0 Å². The first kappa shape index (κ1) is 29.9. The molecule has 0 fully saturated rings. The zero-order valence-electron chi connectivity index (χ0n) is 21.5. The minimum absolute atomic E-state index is 0. The van der Waals surface area contributed by atoms with Gasteiger partial charge < -0.3 is 75.4 Å². The molecular formula is C29H29I2N7O. The van der Waals surface area contributed by atoms with Gasteiger partial charge in [0.25, 0.3) is 5.91 Å². The molecule has 39 heavy (non-hydrogen) atoms. The summed E-state index contributed by atoms with van der Waals surface area (Å²) in [4.78, 5) is 12.8. The summed E-state index contributed by atoms with van der Waals surface area (Å²) < 4.78 is 4.00. The van der Waals surface area contributed by atoms with Crippen molar-refractivity contribution in [3.63, 3.8) is 0 Å². The van der Waals surface area contributed by atoms with Crippen molar-refractivity contribution in [2.24, 2.45) is 14.1 Å². The van der Waals surface area contributed by atoms with Crippen LogP contribution in [0.4, 0.5) is 39.8 Å². The van der Waals surface area contributed by atoms with E-state index in [1.807, 2.05) is 102 Å². The van der Waals surface area contributed by atoms with Gasteiger partial charge in [0.2, 0.25) is 5.52 Å². The first-order valence-corrected chi connectivity index (χ1v) is 11.8. The van der Waals surface area contributed by atoms with Crippen LogP contribution < -0.4 is 84.5 Å². The molecular weight excluding hydrogens is 716 g/mol. The van der Waals surface area contributed by atoms with Gasteiger partial charge in [-0.05, 0) is 54.6 Å². The van der Waals surface area contributed by atoms with E-state index in [1.54, 1.807) is 18.2 Å². The molecule has 2 aromatic heterocycles. The van der Waals surface area contributed by atoms with Crippen LogP contribution in [0.15, 0.2) is 97.5 Å². The Morgan fingerprint density at radius 2 is 1.33 bits per heavy atom. The number of amides is 1. The van der Waals surface area contributed by atoms with Crippen molar-refractivity contribution >= 4 is 56.6 Å². The maximum absolute atomic E-state index is 12.8. The highest BCUT2D eigenvalue weighted by atomic mass is 127. The lowest BCUT2D eigenvalue weighted by Gasteiger charge is -2.12. The first-order valence-electron chi connectivity index (χ1n) is 11.8. The number of fused-ring (bicyclic) bond motifs is 1. The zero-order valence-corrected chi connectivity index (χ0v) is 25.8. The fourth-order valence-corrected chi connectivity index (χ4v) is 4.10. The third-order valence-electron chi connectivity index (χ3n) is 6.15. The standard InChI is InChI=1S/C29H27N7O.2HI/c1-35-14-11-22(12-15-35)33-27-9-8-23(18-25(27)31)34-29(37)19-3-6-21(7-4-19)32-26-13-16-36(2)28-10-5-20(30)17-24(26)28;;/h3-18H,30-31H2,1-2H3,(H,34,37);2*1H. The van der Waals surface area contributed by atoms with E-state index in [-0.39, 0.29) is 53.9 Å². The molecule has 0 radical (unpaired) electrons. The molecule has 3 aromatic carbocycles. The van der Waals surface area contributed by atoms with Gasteiger partial charge in [0.1, 0.15) is 14.1 Å². The molecule has 5 aromatic rings. The summed E-state index contributed by atoms with van der Waals surface area (Å²) in [5, 5.41) is 10.7. The highest BCUT2D eigenvalue weighted by Crippen LogP contribution is 2.28. The minimum Gasteiger partial charge on any atom is -1.00 e. The first-order chi connectivity index (χ1) is 17.9. The second-order valence-corrected chi connectivity index (χ2v) is 8.95. The molecule has 5 rings (SSSR count). The number of rotatable bonds is 6. The minimum atomic E-state index is -0.216. The molecule has 10 heteroatoms. The van der Waals surface area contributed by atoms with E-state index in [2.05, 4.69) is 16.0 Å². The number of nitrogens with one attached hydrogen (secondary N) is 3. The van der Waals surface area contributed by atoms with Crippen LogP contribution in [0, 0.1) is 0 Å². The molecule has 0 spiro atoms. The van der Waals surface area contributed by atoms with Gasteiger partial charge in [-0.3, -0.25) is 4.79 Å². The maximum Gasteiger partial charge on any atom is 0.255 e. The lowest BCUT2D eigenvalue weighted by atomic mass is 10.1. The number of hydrogen-bond acceptors (Lipinski definition) is 5. The van der Waals surface area contributed by atoms with Crippen LogP contribution in [0.5, 0.6) is 0 Å². The second-order valence-electron chi connectivity index (χ2n) is 8.95. The van der Waals surface area contributed by atoms with Gasteiger partial charge in [-0.2, -0.15) is 0 Å². The number of aryl methyl sites for hydroxylation is 2. The summed E-state index contributed by atoms with van der Waals surface area (Å²) in [5.41, 5.74) is 19.2. The Kier molecular flexibility index (Phi) is 9.92. The maximum atomic E-state index is 12.8. The summed E-state index contributed by atoms with van der Waals surface area (Å²) in [6.07, 6.45) is 5.90. The Balaban J connectivity index is 0.00000210. The molecule has 0 aliphatic carbocycles. The highest BCUT2D eigenvalue weighted by molar-refractivity contribution is 6.05. The SMILES string of the molecule is C[n+]1ccc(Nc2ccc(NC(=O)c3ccc(Nc4cc[n+](C)c5ccc(N)cc45)cc3)cc2N)cc1.[I-].[I-]. The van der Waals surface area contributed by atoms with E-state index in [0.717, 1.165) is 33.7 Å². The summed E-state index contributed by atoms with van der Waals surface area (Å²) in [6.45, 7) is 0. The predicted octanol–water partition coefficient (Wildman–Crippen LogP) is -1.60. The van der Waals surface area contributed by atoms with Crippen molar-refractivity contribution in [1.29, 1.82) is 0 Å². The van der Waals surface area contributed by atoms with E-state index in [0.29, 0.717) is 22.6 Å². The number of aromatic nitrogens is 2. The van der Waals surface area contributed by atoms with E-state index < -0.39 is 0 Å². The van der Waals surface area contributed by atoms with Gasteiger partial charge in [0, 0.05) is 46.9 Å². The lowest BCUT2D eigenvalue weighted by molar-refractivity contribution is -0.671. The summed E-state index contributed by atoms with van der Waals surface area (Å²) in [6, 6.07) is 24.5. The van der Waals surface area contributed by atoms with Crippen molar-refractivity contribution in [3.8, 4) is 0 Å². The number of benzene rings is 3. The fourth-order valence-electron chi connectivity index (χ4n) is 4.10. The van der Waals surface area contributed by atoms with E-state index in [4.69, 9.17) is 11.5 Å². The largest absolute Gasteiger partial charge is 1.00 e. The van der Waals surface area contributed by atoms with Crippen LogP contribution in [0.1, 0.15) is 10.4 Å². The number of nitrogens with two attached hydrogens (primary N) is 2. The number of halogens is 2. The molecule has 0 atom stereocenters. The van der Waals surface area contributed by atoms with E-state index in [1.165, 1.54) is 0 Å². The second kappa shape index (κ2) is 12.9. The van der Waals surface area contributed by atoms with Crippen LogP contribution in [0.25, 0.3) is 10.9 Å². The monoisotopic (exact) mass is 745 g/mol. The number of carbonyl (C=O) groups is 1. The Morgan fingerprint density at radius 1 is 0.692 bits per heavy atom. The van der Waals surface area contributed by atoms with Crippen LogP contribution in [0.2, 0.25) is 0 Å². The average Bonchev–Trinajstić information content (AvgIpc) is 2.89. The Hall–Kier alpha value is -3.65. The molecule has 7 N–H and O–H groups in total. The topological polar surface area (TPSA) is 113 Å². The molecule has 1 amide bonds. The number of carbonyl (C=O) groups excluding carboxylic acids is 1. The van der Waals surface area contributed by atoms with Crippen LogP contribution in [-0.4, -0.2) is 5.91 Å². The number of anilines is 7. The molecule has 8 nitrogen and oxygen atoms in total. The van der Waals surface area contributed by atoms with Crippen molar-refractivity contribution in [2.45, 2.75) is 0 Å². The van der Waals surface area contributed by atoms with Crippen molar-refractivity contribution < 1.29 is 61.9 Å². The predicted molar refractivity (Wildman–Crippen MR) is 149 cm³/mol. The third kappa shape index (κ3) is 7.06. The Labute approximate surface area is 261 Å². The number of nitrogens with zero attached hydrogens (tertiary/aromatic N) is 2. The van der Waals surface area contributed by atoms with E-state index >= 15 is 0 Å². The Bertz CT molecular complexity index is 1610. The molecule has 0 aliphatic rings. The summed E-state index contributed by atoms with van der Waals surface area (Å²) >= 11 is 0. The number of nitrogen functional groups attached to an aromatic ring is 2. The molecule has 0 unspecified atom stereocenters. The van der Waals surface area contributed by atoms with Crippen molar-refractivity contribution in [1.82, 2.24) is 0 Å². The molecule has 200 valence electrons. The van der Waals surface area contributed by atoms with Gasteiger partial charge >= 0.3 is 0 Å². The molecule has 0 aliphatic heterocycles. The van der Waals surface area contributed by atoms with Gasteiger partial charge in [0.15, 0.2) is 18.6 Å². The summed E-state index contributed by atoms with van der Waals surface area (Å²) in [7, 11) is 3.96. The summed E-state index contributed by atoms with van der Waals surface area (Å²) in [5.74, 6) is -0.216. The van der Waals surface area contributed by atoms with Crippen molar-refractivity contribution in [3.05, 3.63) is 103 Å². The van der Waals surface area contributed by atoms with Gasteiger partial charge in [-0.1, -0.05) is 0 Å². The molecule has 2 heterocycles. The number of hydrogen-bond donors (Lipinski definition) is 5. The fraction of sp³-hybridized carbons (Fsp3) is 0.0690. The Morgan fingerprint density at radius 3 is 2.03 bits per heavy atom. The molecule has 0 bridgehead atoms. The van der Waals surface area contributed by atoms with Gasteiger partial charge in [-0.25, -0.2) is 9.13 Å². The highest BCUT2D eigenvalue weighted by Gasteiger charge is 2.12. The average molecular weight is 745 g/mol. The lowest BCUT2D eigenvalue weighted by Crippen LogP contribution is -3.00. The van der Waals surface area contributed by atoms with E-state index in [9.17, 15) is 4.79 Å². The molecule has 0 saturated carbocycles.